The normalized spacial score (nSPS) is 17.6. The van der Waals surface area contributed by atoms with Gasteiger partial charge in [0.1, 0.15) is 0 Å². The van der Waals surface area contributed by atoms with Gasteiger partial charge in [0.15, 0.2) is 9.84 Å². The Labute approximate surface area is 79.5 Å². The highest BCUT2D eigenvalue weighted by atomic mass is 32.2. The van der Waals surface area contributed by atoms with E-state index in [0.717, 1.165) is 6.54 Å². The van der Waals surface area contributed by atoms with Crippen molar-refractivity contribution in [3.05, 3.63) is 12.3 Å². The molecule has 0 bridgehead atoms. The van der Waals surface area contributed by atoms with Crippen LogP contribution in [0.5, 0.6) is 0 Å². The first-order valence-electron chi connectivity index (χ1n) is 4.50. The molecule has 0 aliphatic carbocycles. The maximum atomic E-state index is 11.3. The van der Waals surface area contributed by atoms with Gasteiger partial charge in [0.05, 0.1) is 5.75 Å². The van der Waals surface area contributed by atoms with Crippen molar-refractivity contribution in [3.63, 3.8) is 0 Å². The van der Waals surface area contributed by atoms with E-state index in [-0.39, 0.29) is 5.75 Å². The Hall–Kier alpha value is -0.550. The molecule has 0 aromatic carbocycles. The summed E-state index contributed by atoms with van der Waals surface area (Å²) in [7, 11) is -2.83. The van der Waals surface area contributed by atoms with E-state index >= 15 is 0 Å². The molecule has 0 radical (unpaired) electrons. The molecule has 0 unspecified atom stereocenters. The van der Waals surface area contributed by atoms with Gasteiger partial charge in [0.25, 0.3) is 0 Å². The van der Waals surface area contributed by atoms with Crippen LogP contribution in [0.3, 0.4) is 0 Å². The first-order chi connectivity index (χ1) is 6.14. The topological polar surface area (TPSA) is 49.4 Å². The van der Waals surface area contributed by atoms with Gasteiger partial charge in [0, 0.05) is 25.0 Å². The van der Waals surface area contributed by atoms with E-state index in [2.05, 4.69) is 5.43 Å². The minimum absolute atomic E-state index is 0.246. The average molecular weight is 204 g/mol. The largest absolute Gasteiger partial charge is 0.326 e. The van der Waals surface area contributed by atoms with Crippen LogP contribution in [0.15, 0.2) is 12.3 Å². The molecule has 13 heavy (non-hydrogen) atoms. The Kier molecular flexibility index (Phi) is 3.74. The second kappa shape index (κ2) is 4.62. The van der Waals surface area contributed by atoms with Crippen LogP contribution in [0.4, 0.5) is 0 Å². The van der Waals surface area contributed by atoms with Crippen molar-refractivity contribution < 1.29 is 8.42 Å². The second-order valence-corrected chi connectivity index (χ2v) is 5.43. The van der Waals surface area contributed by atoms with E-state index in [1.165, 1.54) is 0 Å². The molecular weight excluding hydrogens is 188 g/mol. The van der Waals surface area contributed by atoms with Crippen LogP contribution >= 0.6 is 0 Å². The molecule has 0 aromatic rings. The van der Waals surface area contributed by atoms with E-state index in [4.69, 9.17) is 0 Å². The fourth-order valence-corrected chi connectivity index (χ4v) is 2.53. The summed E-state index contributed by atoms with van der Waals surface area (Å²) in [5.41, 5.74) is 2.96. The summed E-state index contributed by atoms with van der Waals surface area (Å²) >= 11 is 0. The molecule has 0 saturated carbocycles. The number of nitrogens with one attached hydrogen (secondary N) is 1. The minimum Gasteiger partial charge on any atom is -0.326 e. The summed E-state index contributed by atoms with van der Waals surface area (Å²) in [5, 5.41) is 1.88. The number of hydrogen-bond donors (Lipinski definition) is 1. The van der Waals surface area contributed by atoms with E-state index in [1.807, 2.05) is 24.2 Å². The van der Waals surface area contributed by atoms with Crippen LogP contribution in [0.1, 0.15) is 13.3 Å². The Morgan fingerprint density at radius 2 is 2.23 bits per heavy atom. The summed E-state index contributed by atoms with van der Waals surface area (Å²) in [6, 6.07) is 0. The van der Waals surface area contributed by atoms with Crippen LogP contribution in [0.2, 0.25) is 0 Å². The van der Waals surface area contributed by atoms with E-state index in [9.17, 15) is 8.42 Å². The van der Waals surface area contributed by atoms with Gasteiger partial charge in [-0.05, 0) is 6.42 Å². The van der Waals surface area contributed by atoms with Gasteiger partial charge >= 0.3 is 0 Å². The first kappa shape index (κ1) is 10.5. The average Bonchev–Trinajstić information content (AvgIpc) is 2.52. The lowest BCUT2D eigenvalue weighted by atomic mass is 10.6. The lowest BCUT2D eigenvalue weighted by Gasteiger charge is -2.15. The van der Waals surface area contributed by atoms with Gasteiger partial charge in [-0.3, -0.25) is 0 Å². The summed E-state index contributed by atoms with van der Waals surface area (Å²) in [5.74, 6) is 0.545. The predicted molar refractivity (Wildman–Crippen MR) is 52.8 cm³/mol. The first-order valence-corrected chi connectivity index (χ1v) is 6.33. The number of rotatable bonds is 5. The zero-order valence-corrected chi connectivity index (χ0v) is 8.68. The van der Waals surface area contributed by atoms with Crippen molar-refractivity contribution in [2.45, 2.75) is 13.3 Å². The minimum atomic E-state index is -2.83. The highest BCUT2D eigenvalue weighted by molar-refractivity contribution is 7.91. The molecule has 1 aliphatic heterocycles. The van der Waals surface area contributed by atoms with Crippen molar-refractivity contribution in [3.8, 4) is 0 Å². The SMILES string of the molecule is CCCS(=O)(=O)CCN1CC=CN1. The summed E-state index contributed by atoms with van der Waals surface area (Å²) in [6.07, 6.45) is 4.49. The smallest absolute Gasteiger partial charge is 0.151 e. The van der Waals surface area contributed by atoms with Crippen LogP contribution in [0.25, 0.3) is 0 Å². The van der Waals surface area contributed by atoms with Gasteiger partial charge in [0.2, 0.25) is 0 Å². The monoisotopic (exact) mass is 204 g/mol. The molecule has 1 heterocycles. The summed E-state index contributed by atoms with van der Waals surface area (Å²) < 4.78 is 22.6. The Balaban J connectivity index is 2.25. The maximum absolute atomic E-state index is 11.3. The molecule has 0 fully saturated rings. The molecule has 1 N–H and O–H groups in total. The fourth-order valence-electron chi connectivity index (χ4n) is 1.21. The molecule has 0 spiro atoms. The van der Waals surface area contributed by atoms with E-state index in [1.54, 1.807) is 0 Å². The van der Waals surface area contributed by atoms with Crippen molar-refractivity contribution in [2.75, 3.05) is 24.6 Å². The third-order valence-corrected chi connectivity index (χ3v) is 3.72. The van der Waals surface area contributed by atoms with Gasteiger partial charge in [-0.2, -0.15) is 0 Å². The summed E-state index contributed by atoms with van der Waals surface area (Å²) in [6.45, 7) is 3.24. The predicted octanol–water partition coefficient (Wildman–Crippen LogP) is 0.145. The maximum Gasteiger partial charge on any atom is 0.151 e. The third kappa shape index (κ3) is 3.78. The highest BCUT2D eigenvalue weighted by Gasteiger charge is 2.12. The van der Waals surface area contributed by atoms with Crippen molar-refractivity contribution >= 4 is 9.84 Å². The van der Waals surface area contributed by atoms with Crippen molar-refractivity contribution in [1.82, 2.24) is 10.4 Å². The van der Waals surface area contributed by atoms with Gasteiger partial charge in [-0.25, -0.2) is 13.4 Å². The molecular formula is C8H16N2O2S. The number of nitrogens with zero attached hydrogens (tertiary/aromatic N) is 1. The molecule has 0 aromatic heterocycles. The zero-order chi connectivity index (χ0) is 9.73. The lowest BCUT2D eigenvalue weighted by Crippen LogP contribution is -2.34. The van der Waals surface area contributed by atoms with Gasteiger partial charge < -0.3 is 5.43 Å². The lowest BCUT2D eigenvalue weighted by molar-refractivity contribution is 0.283. The summed E-state index contributed by atoms with van der Waals surface area (Å²) in [4.78, 5) is 0. The van der Waals surface area contributed by atoms with Gasteiger partial charge in [-0.15, -0.1) is 0 Å². The Morgan fingerprint density at radius 1 is 1.46 bits per heavy atom. The Morgan fingerprint density at radius 3 is 2.77 bits per heavy atom. The van der Waals surface area contributed by atoms with E-state index in [0.29, 0.717) is 18.7 Å². The van der Waals surface area contributed by atoms with Crippen LogP contribution in [-0.4, -0.2) is 38.0 Å². The van der Waals surface area contributed by atoms with E-state index < -0.39 is 9.84 Å². The number of sulfone groups is 1. The fraction of sp³-hybridized carbons (Fsp3) is 0.750. The van der Waals surface area contributed by atoms with Crippen LogP contribution in [0, 0.1) is 0 Å². The number of hydrazine groups is 1. The Bertz CT molecular complexity index is 264. The quantitative estimate of drug-likeness (QED) is 0.692. The standard InChI is InChI=1S/C8H16N2O2S/c1-2-7-13(11,12)8-6-10-5-3-4-9-10/h3-4,9H,2,5-8H2,1H3. The molecule has 4 nitrogen and oxygen atoms in total. The highest BCUT2D eigenvalue weighted by Crippen LogP contribution is 1.97. The molecule has 0 saturated heterocycles. The van der Waals surface area contributed by atoms with Crippen LogP contribution in [-0.2, 0) is 9.84 Å². The molecule has 1 aliphatic rings. The number of hydrogen-bond acceptors (Lipinski definition) is 4. The third-order valence-electron chi connectivity index (χ3n) is 1.89. The van der Waals surface area contributed by atoms with Crippen molar-refractivity contribution in [1.29, 1.82) is 0 Å². The zero-order valence-electron chi connectivity index (χ0n) is 7.86. The van der Waals surface area contributed by atoms with Gasteiger partial charge in [-0.1, -0.05) is 13.0 Å². The molecule has 1 rings (SSSR count). The second-order valence-electron chi connectivity index (χ2n) is 3.13. The van der Waals surface area contributed by atoms with Crippen molar-refractivity contribution in [2.24, 2.45) is 0 Å². The molecule has 0 amide bonds. The van der Waals surface area contributed by atoms with Crippen LogP contribution < -0.4 is 5.43 Å². The molecule has 5 heteroatoms. The molecule has 76 valence electrons. The molecule has 0 atom stereocenters.